The molecule has 0 aliphatic heterocycles. The third kappa shape index (κ3) is 3.60. The van der Waals surface area contributed by atoms with Gasteiger partial charge in [-0.05, 0) is 31.0 Å². The third-order valence-electron chi connectivity index (χ3n) is 4.08. The van der Waals surface area contributed by atoms with Crippen LogP contribution in [0.15, 0.2) is 43.1 Å². The maximum atomic E-state index is 12.5. The summed E-state index contributed by atoms with van der Waals surface area (Å²) in [7, 11) is 1.94. The number of carbonyl (C=O) groups is 1. The number of amides is 1. The van der Waals surface area contributed by atoms with Gasteiger partial charge in [0.2, 0.25) is 0 Å². The lowest BCUT2D eigenvalue weighted by molar-refractivity contribution is 0.0937. The highest BCUT2D eigenvalue weighted by atomic mass is 16.1. The zero-order valence-electron chi connectivity index (χ0n) is 14.7. The van der Waals surface area contributed by atoms with Crippen molar-refractivity contribution in [2.24, 2.45) is 7.05 Å². The second-order valence-corrected chi connectivity index (χ2v) is 6.00. The van der Waals surface area contributed by atoms with Crippen LogP contribution in [0.25, 0.3) is 11.3 Å². The summed E-state index contributed by atoms with van der Waals surface area (Å²) in [6.07, 6.45) is 6.05. The quantitative estimate of drug-likeness (QED) is 0.749. The normalized spacial score (nSPS) is 12.1. The number of nitrogens with one attached hydrogen (secondary N) is 1. The Balaban J connectivity index is 1.71. The van der Waals surface area contributed by atoms with E-state index in [4.69, 9.17) is 0 Å². The van der Waals surface area contributed by atoms with E-state index in [1.807, 2.05) is 47.5 Å². The van der Waals surface area contributed by atoms with E-state index in [0.29, 0.717) is 5.56 Å². The van der Waals surface area contributed by atoms with Gasteiger partial charge >= 0.3 is 0 Å². The molecule has 130 valence electrons. The zero-order valence-corrected chi connectivity index (χ0v) is 14.7. The molecule has 2 aromatic heterocycles. The fourth-order valence-electron chi connectivity index (χ4n) is 2.76. The molecule has 0 aliphatic rings. The molecule has 0 saturated heterocycles. The highest BCUT2D eigenvalue weighted by Crippen LogP contribution is 2.19. The predicted octanol–water partition coefficient (Wildman–Crippen LogP) is 2.58. The minimum absolute atomic E-state index is 0.130. The van der Waals surface area contributed by atoms with Crippen molar-refractivity contribution < 1.29 is 4.79 Å². The second kappa shape index (κ2) is 7.29. The number of benzene rings is 1. The van der Waals surface area contributed by atoms with E-state index in [0.717, 1.165) is 30.0 Å². The molecule has 0 aliphatic carbocycles. The molecule has 1 aromatic carbocycles. The summed E-state index contributed by atoms with van der Waals surface area (Å²) >= 11 is 0. The smallest absolute Gasteiger partial charge is 0.251 e. The number of rotatable bonds is 6. The lowest BCUT2D eigenvalue weighted by atomic mass is 10.1. The number of hydrogen-bond donors (Lipinski definition) is 1. The molecular weight excluding hydrogens is 316 g/mol. The summed E-state index contributed by atoms with van der Waals surface area (Å²) in [4.78, 5) is 20.9. The number of imidazole rings is 1. The average molecular weight is 338 g/mol. The molecule has 0 unspecified atom stereocenters. The SMILES string of the molecule is CCCn1ncnc1[C@H](C)NC(=O)c1ccc(-c2cncn2C)cc1. The number of hydrogen-bond acceptors (Lipinski definition) is 4. The Morgan fingerprint density at radius 1 is 1.28 bits per heavy atom. The van der Waals surface area contributed by atoms with Gasteiger partial charge in [0.15, 0.2) is 0 Å². The van der Waals surface area contributed by atoms with Crippen molar-refractivity contribution in [3.05, 3.63) is 54.5 Å². The minimum Gasteiger partial charge on any atom is -0.342 e. The number of nitrogens with zero attached hydrogens (tertiary/aromatic N) is 5. The first-order valence-electron chi connectivity index (χ1n) is 8.35. The Morgan fingerprint density at radius 2 is 2.04 bits per heavy atom. The predicted molar refractivity (Wildman–Crippen MR) is 94.8 cm³/mol. The fourth-order valence-corrected chi connectivity index (χ4v) is 2.76. The Morgan fingerprint density at radius 3 is 2.68 bits per heavy atom. The fraction of sp³-hybridized carbons (Fsp3) is 0.333. The first kappa shape index (κ1) is 16.9. The van der Waals surface area contributed by atoms with Crippen molar-refractivity contribution in [1.82, 2.24) is 29.6 Å². The molecule has 3 aromatic rings. The van der Waals surface area contributed by atoms with Crippen LogP contribution in [0.4, 0.5) is 0 Å². The van der Waals surface area contributed by atoms with Gasteiger partial charge in [-0.1, -0.05) is 19.1 Å². The number of aryl methyl sites for hydroxylation is 2. The van der Waals surface area contributed by atoms with Crippen LogP contribution in [0.2, 0.25) is 0 Å². The van der Waals surface area contributed by atoms with Gasteiger partial charge in [0.25, 0.3) is 5.91 Å². The van der Waals surface area contributed by atoms with Crippen molar-refractivity contribution in [3.8, 4) is 11.3 Å². The average Bonchev–Trinajstić information content (AvgIpc) is 3.24. The minimum atomic E-state index is -0.210. The molecule has 0 bridgehead atoms. The summed E-state index contributed by atoms with van der Waals surface area (Å²) in [5, 5.41) is 7.18. The largest absolute Gasteiger partial charge is 0.342 e. The lowest BCUT2D eigenvalue weighted by Gasteiger charge is -2.14. The van der Waals surface area contributed by atoms with E-state index in [1.54, 1.807) is 12.5 Å². The van der Waals surface area contributed by atoms with E-state index in [-0.39, 0.29) is 11.9 Å². The van der Waals surface area contributed by atoms with Crippen molar-refractivity contribution in [1.29, 1.82) is 0 Å². The van der Waals surface area contributed by atoms with Crippen LogP contribution >= 0.6 is 0 Å². The van der Waals surface area contributed by atoms with E-state index >= 15 is 0 Å². The molecule has 0 spiro atoms. The standard InChI is InChI=1S/C18H22N6O/c1-4-9-24-17(20-11-21-24)13(2)22-18(25)15-7-5-14(6-8-15)16-10-19-12-23(16)3/h5-8,10-13H,4,9H2,1-3H3,(H,22,25)/t13-/m0/s1. The van der Waals surface area contributed by atoms with Crippen molar-refractivity contribution >= 4 is 5.91 Å². The van der Waals surface area contributed by atoms with Gasteiger partial charge < -0.3 is 9.88 Å². The zero-order chi connectivity index (χ0) is 17.8. The van der Waals surface area contributed by atoms with E-state index < -0.39 is 0 Å². The van der Waals surface area contributed by atoms with Crippen LogP contribution in [0.5, 0.6) is 0 Å². The van der Waals surface area contributed by atoms with Crippen LogP contribution in [0.3, 0.4) is 0 Å². The molecule has 1 atom stereocenters. The molecule has 3 rings (SSSR count). The topological polar surface area (TPSA) is 77.6 Å². The van der Waals surface area contributed by atoms with Crippen LogP contribution in [0.1, 0.15) is 42.5 Å². The van der Waals surface area contributed by atoms with Gasteiger partial charge in [-0.15, -0.1) is 0 Å². The molecule has 7 nitrogen and oxygen atoms in total. The van der Waals surface area contributed by atoms with Gasteiger partial charge in [-0.25, -0.2) is 14.6 Å². The van der Waals surface area contributed by atoms with Crippen LogP contribution < -0.4 is 5.32 Å². The Kier molecular flexibility index (Phi) is 4.92. The summed E-state index contributed by atoms with van der Waals surface area (Å²) in [5.74, 6) is 0.636. The second-order valence-electron chi connectivity index (χ2n) is 6.00. The molecule has 1 N–H and O–H groups in total. The number of aromatic nitrogens is 5. The van der Waals surface area contributed by atoms with Gasteiger partial charge in [-0.3, -0.25) is 4.79 Å². The first-order valence-corrected chi connectivity index (χ1v) is 8.35. The third-order valence-corrected chi connectivity index (χ3v) is 4.08. The molecule has 1 amide bonds. The Bertz CT molecular complexity index is 849. The summed E-state index contributed by atoms with van der Waals surface area (Å²) < 4.78 is 3.77. The molecule has 2 heterocycles. The van der Waals surface area contributed by atoms with Crippen molar-refractivity contribution in [3.63, 3.8) is 0 Å². The summed E-state index contributed by atoms with van der Waals surface area (Å²) in [5.41, 5.74) is 2.64. The maximum absolute atomic E-state index is 12.5. The van der Waals surface area contributed by atoms with Crippen LogP contribution in [-0.4, -0.2) is 30.2 Å². The molecular formula is C18H22N6O. The van der Waals surface area contributed by atoms with E-state index in [9.17, 15) is 4.79 Å². The Hall–Kier alpha value is -2.96. The molecule has 0 radical (unpaired) electrons. The van der Waals surface area contributed by atoms with Gasteiger partial charge in [0.05, 0.1) is 24.3 Å². The van der Waals surface area contributed by atoms with Gasteiger partial charge in [0, 0.05) is 19.2 Å². The van der Waals surface area contributed by atoms with Crippen molar-refractivity contribution in [2.45, 2.75) is 32.9 Å². The van der Waals surface area contributed by atoms with Gasteiger partial charge in [0.1, 0.15) is 12.2 Å². The van der Waals surface area contributed by atoms with E-state index in [1.165, 1.54) is 6.33 Å². The van der Waals surface area contributed by atoms with Crippen LogP contribution in [0, 0.1) is 0 Å². The highest BCUT2D eigenvalue weighted by molar-refractivity contribution is 5.94. The first-order chi connectivity index (χ1) is 12.1. The van der Waals surface area contributed by atoms with Crippen LogP contribution in [-0.2, 0) is 13.6 Å². The number of carbonyl (C=O) groups excluding carboxylic acids is 1. The molecule has 0 saturated carbocycles. The summed E-state index contributed by atoms with van der Waals surface area (Å²) in [6.45, 7) is 4.78. The monoisotopic (exact) mass is 338 g/mol. The van der Waals surface area contributed by atoms with E-state index in [2.05, 4.69) is 27.3 Å². The molecule has 25 heavy (non-hydrogen) atoms. The molecule has 7 heteroatoms. The highest BCUT2D eigenvalue weighted by Gasteiger charge is 2.16. The molecule has 0 fully saturated rings. The lowest BCUT2D eigenvalue weighted by Crippen LogP contribution is -2.29. The Labute approximate surface area is 146 Å². The van der Waals surface area contributed by atoms with Crippen molar-refractivity contribution in [2.75, 3.05) is 0 Å². The summed E-state index contributed by atoms with van der Waals surface area (Å²) in [6, 6.07) is 7.28. The van der Waals surface area contributed by atoms with Gasteiger partial charge in [-0.2, -0.15) is 5.10 Å². The maximum Gasteiger partial charge on any atom is 0.251 e.